The smallest absolute Gasteiger partial charge is 0.299 e. The summed E-state index contributed by atoms with van der Waals surface area (Å²) >= 11 is 13.2. The van der Waals surface area contributed by atoms with Crippen LogP contribution in [0.5, 0.6) is 0 Å². The monoisotopic (exact) mass is 436 g/mol. The van der Waals surface area contributed by atoms with Crippen molar-refractivity contribution in [3.05, 3.63) is 51.5 Å². The molecular formula is C14H11Cl2N2O4PS2. The van der Waals surface area contributed by atoms with Crippen LogP contribution in [0.1, 0.15) is 5.01 Å². The molecule has 0 bridgehead atoms. The Kier molecular flexibility index (Phi) is 5.23. The molecule has 0 aliphatic carbocycles. The third-order valence-corrected chi connectivity index (χ3v) is 7.75. The molecule has 0 aliphatic heterocycles. The Morgan fingerprint density at radius 2 is 1.76 bits per heavy atom. The molecule has 0 radical (unpaired) electrons. The Bertz CT molecular complexity index is 1040. The van der Waals surface area contributed by atoms with Crippen LogP contribution in [0.25, 0.3) is 10.2 Å². The number of sulfonamides is 1. The molecule has 3 aromatic rings. The molecule has 6 nitrogen and oxygen atoms in total. The third-order valence-electron chi connectivity index (χ3n) is 3.22. The van der Waals surface area contributed by atoms with Crippen molar-refractivity contribution >= 4 is 69.0 Å². The largest absolute Gasteiger partial charge is 0.333 e. The van der Waals surface area contributed by atoms with Gasteiger partial charge in [0.2, 0.25) is 0 Å². The fourth-order valence-corrected chi connectivity index (χ4v) is 6.25. The van der Waals surface area contributed by atoms with E-state index in [4.69, 9.17) is 23.2 Å². The summed E-state index contributed by atoms with van der Waals surface area (Å²) in [5.41, 5.74) is 0.659. The first-order chi connectivity index (χ1) is 11.7. The van der Waals surface area contributed by atoms with E-state index in [0.29, 0.717) is 9.59 Å². The van der Waals surface area contributed by atoms with Gasteiger partial charge >= 0.3 is 0 Å². The van der Waals surface area contributed by atoms with Crippen LogP contribution in [0.15, 0.2) is 41.3 Å². The van der Waals surface area contributed by atoms with Gasteiger partial charge in [-0.15, -0.1) is 11.3 Å². The molecule has 0 atom stereocenters. The molecule has 1 aromatic heterocycles. The fourth-order valence-electron chi connectivity index (χ4n) is 2.27. The predicted molar refractivity (Wildman–Crippen MR) is 102 cm³/mol. The molecule has 25 heavy (non-hydrogen) atoms. The van der Waals surface area contributed by atoms with E-state index in [2.05, 4.69) is 4.98 Å². The van der Waals surface area contributed by atoms with Crippen LogP contribution in [0, 0.1) is 6.92 Å². The van der Waals surface area contributed by atoms with Gasteiger partial charge < -0.3 is 9.79 Å². The van der Waals surface area contributed by atoms with Crippen LogP contribution in [-0.4, -0.2) is 23.2 Å². The molecule has 0 saturated heterocycles. The van der Waals surface area contributed by atoms with E-state index in [-0.39, 0.29) is 20.6 Å². The second-order valence-electron chi connectivity index (χ2n) is 5.01. The van der Waals surface area contributed by atoms with Crippen LogP contribution in [0.2, 0.25) is 10.0 Å². The van der Waals surface area contributed by atoms with Crippen LogP contribution in [0.4, 0.5) is 5.69 Å². The second-order valence-corrected chi connectivity index (χ2v) is 10.1. The highest BCUT2D eigenvalue weighted by atomic mass is 35.5. The lowest BCUT2D eigenvalue weighted by Crippen LogP contribution is -2.26. The lowest BCUT2D eigenvalue weighted by molar-refractivity contribution is 0.483. The molecule has 0 saturated carbocycles. The standard InChI is InChI=1S/C14H11Cl2N2O4PS2/c1-8-17-13-7-11(2-3-14(13)24-8)18(23(19)20)25(21,22)12-5-9(15)4-10(16)6-12/h2-7,19-20H,1H3. The summed E-state index contributed by atoms with van der Waals surface area (Å²) in [4.78, 5) is 23.6. The Morgan fingerprint density at radius 1 is 1.12 bits per heavy atom. The van der Waals surface area contributed by atoms with Crippen LogP contribution in [0.3, 0.4) is 0 Å². The van der Waals surface area contributed by atoms with Gasteiger partial charge in [-0.1, -0.05) is 23.2 Å². The van der Waals surface area contributed by atoms with Crippen molar-refractivity contribution in [3.8, 4) is 0 Å². The van der Waals surface area contributed by atoms with Crippen molar-refractivity contribution in [2.75, 3.05) is 4.08 Å². The number of anilines is 1. The van der Waals surface area contributed by atoms with Crippen molar-refractivity contribution in [2.45, 2.75) is 11.8 Å². The molecule has 0 aliphatic rings. The number of aryl methyl sites for hydroxylation is 1. The maximum Gasteiger partial charge on any atom is 0.299 e. The predicted octanol–water partition coefficient (Wildman–Crippen LogP) is 4.32. The maximum atomic E-state index is 12.9. The highest BCUT2D eigenvalue weighted by molar-refractivity contribution is 7.98. The first kappa shape index (κ1) is 18.8. The van der Waals surface area contributed by atoms with E-state index >= 15 is 0 Å². The van der Waals surface area contributed by atoms with Crippen LogP contribution in [-0.2, 0) is 10.0 Å². The summed E-state index contributed by atoms with van der Waals surface area (Å²) < 4.78 is 27.2. The molecule has 2 N–H and O–H groups in total. The van der Waals surface area contributed by atoms with Crippen LogP contribution < -0.4 is 4.08 Å². The normalized spacial score (nSPS) is 12.1. The lowest BCUT2D eigenvalue weighted by Gasteiger charge is -2.24. The fraction of sp³-hybridized carbons (Fsp3) is 0.0714. The number of halogens is 2. The summed E-state index contributed by atoms with van der Waals surface area (Å²) in [7, 11) is -7.28. The molecule has 1 heterocycles. The third kappa shape index (κ3) is 3.75. The number of benzene rings is 2. The Morgan fingerprint density at radius 3 is 2.36 bits per heavy atom. The minimum atomic E-state index is -4.29. The van der Waals surface area contributed by atoms with E-state index in [1.165, 1.54) is 41.7 Å². The van der Waals surface area contributed by atoms with E-state index in [1.807, 2.05) is 6.92 Å². The summed E-state index contributed by atoms with van der Waals surface area (Å²) in [5.74, 6) is 0. The summed E-state index contributed by atoms with van der Waals surface area (Å²) in [6, 6.07) is 8.44. The Balaban J connectivity index is 2.16. The molecule has 3 rings (SSSR count). The summed E-state index contributed by atoms with van der Waals surface area (Å²) in [5, 5.41) is 1.06. The van der Waals surface area contributed by atoms with Crippen molar-refractivity contribution in [1.82, 2.24) is 4.98 Å². The Hall–Kier alpha value is -0.990. The van der Waals surface area contributed by atoms with E-state index in [9.17, 15) is 18.2 Å². The molecule has 0 spiro atoms. The van der Waals surface area contributed by atoms with Crippen molar-refractivity contribution in [2.24, 2.45) is 0 Å². The van der Waals surface area contributed by atoms with Crippen molar-refractivity contribution in [1.29, 1.82) is 0 Å². The minimum Gasteiger partial charge on any atom is -0.333 e. The SMILES string of the molecule is Cc1nc2cc(N(P(O)O)S(=O)(=O)c3cc(Cl)cc(Cl)c3)ccc2s1. The average Bonchev–Trinajstić information content (AvgIpc) is 2.85. The zero-order valence-electron chi connectivity index (χ0n) is 12.6. The van der Waals surface area contributed by atoms with E-state index in [0.717, 1.165) is 9.71 Å². The van der Waals surface area contributed by atoms with Gasteiger partial charge in [0, 0.05) is 10.0 Å². The zero-order chi connectivity index (χ0) is 18.4. The number of hydrogen-bond acceptors (Lipinski definition) is 6. The molecule has 0 fully saturated rings. The summed E-state index contributed by atoms with van der Waals surface area (Å²) in [6.07, 6.45) is 0. The van der Waals surface area contributed by atoms with E-state index < -0.39 is 18.5 Å². The lowest BCUT2D eigenvalue weighted by atomic mass is 10.3. The number of thiazole rings is 1. The van der Waals surface area contributed by atoms with Crippen LogP contribution >= 0.6 is 43.1 Å². The van der Waals surface area contributed by atoms with Gasteiger partial charge in [-0.05, 0) is 43.3 Å². The Labute approximate surface area is 159 Å². The minimum absolute atomic E-state index is 0.0880. The molecular weight excluding hydrogens is 426 g/mol. The van der Waals surface area contributed by atoms with Gasteiger partial charge in [-0.2, -0.15) is 4.08 Å². The number of nitrogens with zero attached hydrogens (tertiary/aromatic N) is 2. The van der Waals surface area contributed by atoms with Crippen molar-refractivity contribution < 1.29 is 18.2 Å². The first-order valence-electron chi connectivity index (χ1n) is 6.75. The summed E-state index contributed by atoms with van der Waals surface area (Å²) in [6.45, 7) is 1.83. The van der Waals surface area contributed by atoms with Gasteiger partial charge in [0.25, 0.3) is 18.5 Å². The van der Waals surface area contributed by atoms with Crippen molar-refractivity contribution in [3.63, 3.8) is 0 Å². The average molecular weight is 437 g/mol. The number of hydrogen-bond donors (Lipinski definition) is 2. The van der Waals surface area contributed by atoms with Gasteiger partial charge in [0.05, 0.1) is 25.8 Å². The van der Waals surface area contributed by atoms with Gasteiger partial charge in [-0.3, -0.25) is 0 Å². The first-order valence-corrected chi connectivity index (χ1v) is 11.0. The van der Waals surface area contributed by atoms with E-state index in [1.54, 1.807) is 6.07 Å². The highest BCUT2D eigenvalue weighted by Crippen LogP contribution is 2.43. The second kappa shape index (κ2) is 6.96. The number of rotatable bonds is 4. The number of fused-ring (bicyclic) bond motifs is 1. The quantitative estimate of drug-likeness (QED) is 0.594. The van der Waals surface area contributed by atoms with Gasteiger partial charge in [-0.25, -0.2) is 13.4 Å². The number of aromatic nitrogens is 1. The topological polar surface area (TPSA) is 90.7 Å². The molecule has 2 aromatic carbocycles. The molecule has 0 amide bonds. The molecule has 132 valence electrons. The molecule has 11 heteroatoms. The zero-order valence-corrected chi connectivity index (χ0v) is 16.6. The highest BCUT2D eigenvalue weighted by Gasteiger charge is 2.32. The molecule has 0 unspecified atom stereocenters. The van der Waals surface area contributed by atoms with Gasteiger partial charge in [0.15, 0.2) is 0 Å². The van der Waals surface area contributed by atoms with Gasteiger partial charge in [0.1, 0.15) is 0 Å². The maximum absolute atomic E-state index is 12.9.